The number of aromatic nitrogens is 3. The molecule has 4 N–H and O–H groups in total. The van der Waals surface area contributed by atoms with Crippen LogP contribution in [0.5, 0.6) is 0 Å². The Morgan fingerprint density at radius 1 is 1.07 bits per heavy atom. The summed E-state index contributed by atoms with van der Waals surface area (Å²) in [5.74, 6) is 0.701. The summed E-state index contributed by atoms with van der Waals surface area (Å²) >= 11 is 8.31. The zero-order valence-electron chi connectivity index (χ0n) is 7.24. The van der Waals surface area contributed by atoms with Gasteiger partial charge in [-0.25, -0.2) is 0 Å². The van der Waals surface area contributed by atoms with Crippen molar-refractivity contribution in [3.05, 3.63) is 13.6 Å². The van der Waals surface area contributed by atoms with E-state index < -0.39 is 0 Å². The number of hydrogen-bond donors (Lipinski definition) is 2. The van der Waals surface area contributed by atoms with Crippen LogP contribution >= 0.6 is 43.2 Å². The lowest BCUT2D eigenvalue weighted by atomic mass is 10.3. The quantitative estimate of drug-likeness (QED) is 0.823. The van der Waals surface area contributed by atoms with Crippen LogP contribution in [0.1, 0.15) is 0 Å². The van der Waals surface area contributed by atoms with E-state index in [1.54, 1.807) is 0 Å². The number of nitrogens with two attached hydrogens (primary N) is 2. The van der Waals surface area contributed by atoms with Crippen LogP contribution in [0.4, 0.5) is 11.9 Å². The van der Waals surface area contributed by atoms with Crippen LogP contribution in [0.15, 0.2) is 13.6 Å². The maximum atomic E-state index is 5.49. The zero-order chi connectivity index (χ0) is 11.0. The summed E-state index contributed by atoms with van der Waals surface area (Å²) < 4.78 is 1.89. The van der Waals surface area contributed by atoms with E-state index in [9.17, 15) is 0 Å². The minimum atomic E-state index is 0.117. The minimum Gasteiger partial charge on any atom is -0.368 e. The molecule has 2 heterocycles. The second kappa shape index (κ2) is 4.03. The van der Waals surface area contributed by atoms with Gasteiger partial charge in [0.1, 0.15) is 0 Å². The molecule has 0 fully saturated rings. The maximum Gasteiger partial charge on any atom is 0.225 e. The third-order valence-electron chi connectivity index (χ3n) is 1.57. The molecular formula is C7H5Br2N5S. The van der Waals surface area contributed by atoms with E-state index in [1.807, 2.05) is 6.07 Å². The molecule has 0 radical (unpaired) electrons. The average molecular weight is 351 g/mol. The molecule has 15 heavy (non-hydrogen) atoms. The summed E-state index contributed by atoms with van der Waals surface area (Å²) in [6, 6.07) is 1.89. The molecule has 0 aliphatic rings. The number of anilines is 2. The Balaban J connectivity index is 2.58. The Hall–Kier alpha value is -0.730. The Kier molecular flexibility index (Phi) is 2.89. The summed E-state index contributed by atoms with van der Waals surface area (Å²) in [5.41, 5.74) is 11.8. The minimum absolute atomic E-state index is 0.117. The van der Waals surface area contributed by atoms with Crippen molar-refractivity contribution in [1.29, 1.82) is 0 Å². The topological polar surface area (TPSA) is 90.7 Å². The molecule has 0 aliphatic carbocycles. The van der Waals surface area contributed by atoms with Gasteiger partial charge in [-0.15, -0.1) is 11.3 Å². The number of hydrogen-bond acceptors (Lipinski definition) is 6. The number of thiophene rings is 1. The highest BCUT2D eigenvalue weighted by molar-refractivity contribution is 9.12. The average Bonchev–Trinajstić information content (AvgIpc) is 2.43. The van der Waals surface area contributed by atoms with Gasteiger partial charge in [0.05, 0.1) is 7.57 Å². The molecule has 2 aromatic heterocycles. The number of halogens is 2. The fourth-order valence-electron chi connectivity index (χ4n) is 1.02. The van der Waals surface area contributed by atoms with Gasteiger partial charge in [-0.2, -0.15) is 15.0 Å². The van der Waals surface area contributed by atoms with E-state index in [-0.39, 0.29) is 11.9 Å². The van der Waals surface area contributed by atoms with Crippen molar-refractivity contribution in [2.75, 3.05) is 11.5 Å². The number of nitrogen functional groups attached to an aromatic ring is 2. The smallest absolute Gasteiger partial charge is 0.225 e. The van der Waals surface area contributed by atoms with Crippen molar-refractivity contribution >= 4 is 55.1 Å². The summed E-state index contributed by atoms with van der Waals surface area (Å²) in [5, 5.41) is 0. The number of nitrogens with zero attached hydrogens (tertiary/aromatic N) is 3. The second-order valence-corrected chi connectivity index (χ2v) is 6.36. The van der Waals surface area contributed by atoms with Gasteiger partial charge in [0.25, 0.3) is 0 Å². The molecule has 0 amide bonds. The summed E-state index contributed by atoms with van der Waals surface area (Å²) in [6.07, 6.45) is 0. The lowest BCUT2D eigenvalue weighted by Crippen LogP contribution is -2.03. The maximum absolute atomic E-state index is 5.49. The molecule has 8 heteroatoms. The Bertz CT molecular complexity index is 492. The fraction of sp³-hybridized carbons (Fsp3) is 0. The van der Waals surface area contributed by atoms with Crippen molar-refractivity contribution in [1.82, 2.24) is 15.0 Å². The van der Waals surface area contributed by atoms with Crippen molar-refractivity contribution in [2.24, 2.45) is 0 Å². The Labute approximate surface area is 106 Å². The monoisotopic (exact) mass is 349 g/mol. The van der Waals surface area contributed by atoms with E-state index in [0.29, 0.717) is 5.82 Å². The van der Waals surface area contributed by atoms with Gasteiger partial charge in [-0.3, -0.25) is 0 Å². The van der Waals surface area contributed by atoms with E-state index in [4.69, 9.17) is 11.5 Å². The largest absolute Gasteiger partial charge is 0.368 e. The molecule has 2 rings (SSSR count). The van der Waals surface area contributed by atoms with Gasteiger partial charge >= 0.3 is 0 Å². The molecule has 0 saturated carbocycles. The first-order chi connectivity index (χ1) is 7.06. The van der Waals surface area contributed by atoms with Gasteiger partial charge in [0.15, 0.2) is 5.82 Å². The van der Waals surface area contributed by atoms with Crippen LogP contribution in [-0.4, -0.2) is 15.0 Å². The summed E-state index contributed by atoms with van der Waals surface area (Å²) in [4.78, 5) is 11.7. The summed E-state index contributed by atoms with van der Waals surface area (Å²) in [7, 11) is 0. The molecule has 0 aliphatic heterocycles. The Morgan fingerprint density at radius 3 is 2.13 bits per heavy atom. The molecule has 0 saturated heterocycles. The van der Waals surface area contributed by atoms with Crippen molar-refractivity contribution < 1.29 is 0 Å². The van der Waals surface area contributed by atoms with Crippen LogP contribution in [0.3, 0.4) is 0 Å². The van der Waals surface area contributed by atoms with Crippen LogP contribution in [-0.2, 0) is 0 Å². The first-order valence-corrected chi connectivity index (χ1v) is 6.19. The third-order valence-corrected chi connectivity index (χ3v) is 3.91. The SMILES string of the molecule is Nc1nc(N)nc(-c2cc(Br)sc2Br)n1. The molecular weight excluding hydrogens is 346 g/mol. The number of rotatable bonds is 1. The predicted molar refractivity (Wildman–Crippen MR) is 67.4 cm³/mol. The van der Waals surface area contributed by atoms with Gasteiger partial charge in [0.2, 0.25) is 11.9 Å². The van der Waals surface area contributed by atoms with Crippen molar-refractivity contribution in [3.8, 4) is 11.4 Å². The molecule has 0 atom stereocenters. The molecule has 0 aromatic carbocycles. The molecule has 78 valence electrons. The van der Waals surface area contributed by atoms with Crippen LogP contribution in [0, 0.1) is 0 Å². The first kappa shape index (κ1) is 10.8. The molecule has 0 unspecified atom stereocenters. The second-order valence-electron chi connectivity index (χ2n) is 2.61. The van der Waals surface area contributed by atoms with Gasteiger partial charge < -0.3 is 11.5 Å². The van der Waals surface area contributed by atoms with Gasteiger partial charge in [-0.1, -0.05) is 0 Å². The highest BCUT2D eigenvalue weighted by Gasteiger charge is 2.12. The van der Waals surface area contributed by atoms with E-state index in [1.165, 1.54) is 11.3 Å². The lowest BCUT2D eigenvalue weighted by molar-refractivity contribution is 1.09. The lowest BCUT2D eigenvalue weighted by Gasteiger charge is -1.99. The van der Waals surface area contributed by atoms with E-state index in [2.05, 4.69) is 46.8 Å². The zero-order valence-corrected chi connectivity index (χ0v) is 11.2. The highest BCUT2D eigenvalue weighted by atomic mass is 79.9. The molecule has 0 bridgehead atoms. The standard InChI is InChI=1S/C7H5Br2N5S/c8-3-1-2(4(9)15-3)5-12-6(10)14-7(11)13-5/h1H,(H4,10,11,12,13,14). The van der Waals surface area contributed by atoms with Crippen LogP contribution < -0.4 is 11.5 Å². The van der Waals surface area contributed by atoms with Crippen molar-refractivity contribution in [2.45, 2.75) is 0 Å². The third kappa shape index (κ3) is 2.27. The van der Waals surface area contributed by atoms with Gasteiger partial charge in [0, 0.05) is 5.56 Å². The predicted octanol–water partition coefficient (Wildman–Crippen LogP) is 2.29. The molecule has 5 nitrogen and oxygen atoms in total. The molecule has 0 spiro atoms. The van der Waals surface area contributed by atoms with E-state index >= 15 is 0 Å². The summed E-state index contributed by atoms with van der Waals surface area (Å²) in [6.45, 7) is 0. The van der Waals surface area contributed by atoms with Crippen molar-refractivity contribution in [3.63, 3.8) is 0 Å². The Morgan fingerprint density at radius 2 is 1.67 bits per heavy atom. The highest BCUT2D eigenvalue weighted by Crippen LogP contribution is 2.37. The van der Waals surface area contributed by atoms with Crippen LogP contribution in [0.2, 0.25) is 0 Å². The fourth-order valence-corrected chi connectivity index (χ4v) is 3.81. The molecule has 2 aromatic rings. The van der Waals surface area contributed by atoms with E-state index in [0.717, 1.165) is 13.1 Å². The first-order valence-electron chi connectivity index (χ1n) is 3.78. The normalized spacial score (nSPS) is 10.5. The van der Waals surface area contributed by atoms with Gasteiger partial charge in [-0.05, 0) is 37.9 Å². The van der Waals surface area contributed by atoms with Crippen LogP contribution in [0.25, 0.3) is 11.4 Å².